The number of hydrogen-bond acceptors (Lipinski definition) is 2. The molecule has 0 spiro atoms. The van der Waals surface area contributed by atoms with E-state index in [1.165, 1.54) is 89.0 Å². The summed E-state index contributed by atoms with van der Waals surface area (Å²) in [5.74, 6) is 0. The first-order chi connectivity index (χ1) is 23.3. The van der Waals surface area contributed by atoms with E-state index >= 15 is 0 Å². The Hall–Kier alpha value is -5.60. The summed E-state index contributed by atoms with van der Waals surface area (Å²) in [6.45, 7) is 13.3. The van der Waals surface area contributed by atoms with E-state index in [1.807, 2.05) is 36.9 Å². The Balaban J connectivity index is 1.59. The number of hydrogen-bond donors (Lipinski definition) is 0. The fourth-order valence-electron chi connectivity index (χ4n) is 7.19. The molecule has 2 heterocycles. The molecule has 0 radical (unpaired) electrons. The predicted octanol–water partition coefficient (Wildman–Crippen LogP) is 12.3. The van der Waals surface area contributed by atoms with Gasteiger partial charge in [-0.25, -0.2) is 0 Å². The lowest BCUT2D eigenvalue weighted by atomic mass is 9.81. The summed E-state index contributed by atoms with van der Waals surface area (Å²) in [7, 11) is 0. The zero-order valence-corrected chi connectivity index (χ0v) is 28.6. The Labute approximate surface area is 284 Å². The molecule has 0 aliphatic heterocycles. The first-order valence-electron chi connectivity index (χ1n) is 16.6. The van der Waals surface area contributed by atoms with Crippen LogP contribution in [-0.4, -0.2) is 9.97 Å². The molecule has 48 heavy (non-hydrogen) atoms. The van der Waals surface area contributed by atoms with Gasteiger partial charge < -0.3 is 0 Å². The summed E-state index contributed by atoms with van der Waals surface area (Å²) < 4.78 is 0. The highest BCUT2D eigenvalue weighted by atomic mass is 14.6. The van der Waals surface area contributed by atoms with Gasteiger partial charge in [0.05, 0.1) is 0 Å². The maximum absolute atomic E-state index is 4.45. The number of rotatable bonds is 6. The molecule has 0 fully saturated rings. The van der Waals surface area contributed by atoms with E-state index in [-0.39, 0.29) is 0 Å². The first kappa shape index (κ1) is 31.0. The van der Waals surface area contributed by atoms with Gasteiger partial charge in [0.1, 0.15) is 0 Å². The largest absolute Gasteiger partial charge is 0.264 e. The Morgan fingerprint density at radius 2 is 0.646 bits per heavy atom. The molecule has 0 bridgehead atoms. The highest BCUT2D eigenvalue weighted by Gasteiger charge is 2.21. The summed E-state index contributed by atoms with van der Waals surface area (Å²) in [6, 6.07) is 40.2. The van der Waals surface area contributed by atoms with Gasteiger partial charge in [0.25, 0.3) is 0 Å². The van der Waals surface area contributed by atoms with Crippen molar-refractivity contribution >= 4 is 0 Å². The van der Waals surface area contributed by atoms with E-state index in [2.05, 4.69) is 149 Å². The molecule has 0 N–H and O–H groups in total. The number of aryl methyl sites for hydroxylation is 6. The van der Waals surface area contributed by atoms with Crippen molar-refractivity contribution in [2.45, 2.75) is 41.5 Å². The first-order valence-corrected chi connectivity index (χ1v) is 16.6. The Kier molecular flexibility index (Phi) is 8.33. The van der Waals surface area contributed by atoms with Crippen molar-refractivity contribution in [3.05, 3.63) is 167 Å². The summed E-state index contributed by atoms with van der Waals surface area (Å²) >= 11 is 0. The second-order valence-electron chi connectivity index (χ2n) is 13.0. The maximum Gasteiger partial charge on any atom is 0.0346 e. The van der Waals surface area contributed by atoms with Crippen molar-refractivity contribution in [1.82, 2.24) is 9.97 Å². The SMILES string of the molecule is Cc1cc(C)c(-c2cc(-c3ccccc3C)c(-c3cc(-c4cccnc4)c(C)cc3C)cc2-c2ccccc2C)cc1-c1cccnc1. The van der Waals surface area contributed by atoms with E-state index in [4.69, 9.17) is 0 Å². The normalized spacial score (nSPS) is 11.1. The van der Waals surface area contributed by atoms with E-state index in [1.54, 1.807) is 0 Å². The molecule has 5 aromatic carbocycles. The molecule has 0 aliphatic rings. The Bertz CT molecular complexity index is 2120. The quantitative estimate of drug-likeness (QED) is 0.185. The molecule has 2 heteroatoms. The summed E-state index contributed by atoms with van der Waals surface area (Å²) in [6.07, 6.45) is 7.60. The van der Waals surface area contributed by atoms with Crippen LogP contribution in [0.15, 0.2) is 134 Å². The summed E-state index contributed by atoms with van der Waals surface area (Å²) in [4.78, 5) is 8.90. The maximum atomic E-state index is 4.45. The zero-order valence-electron chi connectivity index (χ0n) is 28.6. The standard InChI is InChI=1S/C46H40N2/c1-29-13-7-9-17-37(29)43-25-46(42-24-40(32(4)22-34(42)6)36-16-12-20-48-28-36)44(38-18-10-8-14-30(38)2)26-45(43)41-23-39(31(3)21-33(41)5)35-15-11-19-47-27-35/h7-28H,1-6H3. The molecule has 7 aromatic rings. The lowest BCUT2D eigenvalue weighted by Crippen LogP contribution is -1.98. The molecular weight excluding hydrogens is 581 g/mol. The average molecular weight is 621 g/mol. The minimum Gasteiger partial charge on any atom is -0.264 e. The Morgan fingerprint density at radius 3 is 1.02 bits per heavy atom. The van der Waals surface area contributed by atoms with Gasteiger partial charge in [0, 0.05) is 35.9 Å². The van der Waals surface area contributed by atoms with Gasteiger partial charge in [-0.2, -0.15) is 0 Å². The fraction of sp³-hybridized carbons (Fsp3) is 0.130. The highest BCUT2D eigenvalue weighted by molar-refractivity contribution is 5.98. The molecule has 0 aliphatic carbocycles. The lowest BCUT2D eigenvalue weighted by Gasteiger charge is -2.23. The second-order valence-corrected chi connectivity index (χ2v) is 13.0. The number of aromatic nitrogens is 2. The van der Waals surface area contributed by atoms with Gasteiger partial charge in [-0.05, 0) is 167 Å². The van der Waals surface area contributed by atoms with Crippen molar-refractivity contribution in [2.75, 3.05) is 0 Å². The van der Waals surface area contributed by atoms with Crippen LogP contribution in [0.1, 0.15) is 33.4 Å². The van der Waals surface area contributed by atoms with Gasteiger partial charge in [-0.3, -0.25) is 9.97 Å². The molecule has 0 amide bonds. The second kappa shape index (κ2) is 12.9. The van der Waals surface area contributed by atoms with Crippen LogP contribution in [0, 0.1) is 41.5 Å². The van der Waals surface area contributed by atoms with Crippen molar-refractivity contribution in [1.29, 1.82) is 0 Å². The third-order valence-electron chi connectivity index (χ3n) is 9.70. The van der Waals surface area contributed by atoms with Gasteiger partial charge in [-0.15, -0.1) is 0 Å². The molecule has 0 unspecified atom stereocenters. The van der Waals surface area contributed by atoms with Gasteiger partial charge >= 0.3 is 0 Å². The minimum absolute atomic E-state index is 1.13. The van der Waals surface area contributed by atoms with E-state index in [0.717, 1.165) is 11.1 Å². The Morgan fingerprint density at radius 1 is 0.292 bits per heavy atom. The van der Waals surface area contributed by atoms with Crippen LogP contribution in [0.2, 0.25) is 0 Å². The van der Waals surface area contributed by atoms with Crippen molar-refractivity contribution in [2.24, 2.45) is 0 Å². The zero-order chi connectivity index (χ0) is 33.4. The van der Waals surface area contributed by atoms with Crippen LogP contribution in [0.25, 0.3) is 66.8 Å². The van der Waals surface area contributed by atoms with Crippen molar-refractivity contribution in [3.63, 3.8) is 0 Å². The molecule has 0 saturated carbocycles. The van der Waals surface area contributed by atoms with Gasteiger partial charge in [0.2, 0.25) is 0 Å². The third kappa shape index (κ3) is 5.75. The van der Waals surface area contributed by atoms with Gasteiger partial charge in [-0.1, -0.05) is 72.8 Å². The minimum atomic E-state index is 1.13. The number of nitrogens with zero attached hydrogens (tertiary/aromatic N) is 2. The molecule has 2 aromatic heterocycles. The average Bonchev–Trinajstić information content (AvgIpc) is 3.09. The molecule has 7 rings (SSSR count). The highest BCUT2D eigenvalue weighted by Crippen LogP contribution is 2.46. The number of benzene rings is 5. The van der Waals surface area contributed by atoms with Crippen LogP contribution >= 0.6 is 0 Å². The van der Waals surface area contributed by atoms with Gasteiger partial charge in [0.15, 0.2) is 0 Å². The molecule has 234 valence electrons. The smallest absolute Gasteiger partial charge is 0.0346 e. The van der Waals surface area contributed by atoms with Crippen molar-refractivity contribution in [3.8, 4) is 66.8 Å². The predicted molar refractivity (Wildman–Crippen MR) is 203 cm³/mol. The molecular formula is C46H40N2. The molecule has 0 atom stereocenters. The molecule has 0 saturated heterocycles. The molecule has 2 nitrogen and oxygen atoms in total. The van der Waals surface area contributed by atoms with Crippen LogP contribution in [-0.2, 0) is 0 Å². The van der Waals surface area contributed by atoms with Crippen LogP contribution in [0.5, 0.6) is 0 Å². The summed E-state index contributed by atoms with van der Waals surface area (Å²) in [5.41, 5.74) is 22.0. The fourth-order valence-corrected chi connectivity index (χ4v) is 7.19. The number of pyridine rings is 2. The van der Waals surface area contributed by atoms with E-state index < -0.39 is 0 Å². The van der Waals surface area contributed by atoms with Crippen molar-refractivity contribution < 1.29 is 0 Å². The van der Waals surface area contributed by atoms with Crippen LogP contribution in [0.4, 0.5) is 0 Å². The monoisotopic (exact) mass is 620 g/mol. The van der Waals surface area contributed by atoms with Crippen LogP contribution < -0.4 is 0 Å². The van der Waals surface area contributed by atoms with E-state index in [0.29, 0.717) is 0 Å². The van der Waals surface area contributed by atoms with E-state index in [9.17, 15) is 0 Å². The topological polar surface area (TPSA) is 25.8 Å². The third-order valence-corrected chi connectivity index (χ3v) is 9.70. The van der Waals surface area contributed by atoms with Crippen LogP contribution in [0.3, 0.4) is 0 Å². The lowest BCUT2D eigenvalue weighted by molar-refractivity contribution is 1.31. The summed E-state index contributed by atoms with van der Waals surface area (Å²) in [5, 5.41) is 0.